The first kappa shape index (κ1) is 15.6. The molecule has 0 aliphatic heterocycles. The van der Waals surface area contributed by atoms with Crippen molar-refractivity contribution in [1.29, 1.82) is 0 Å². The van der Waals surface area contributed by atoms with Gasteiger partial charge in [-0.15, -0.1) is 11.3 Å². The molecular weight excluding hydrogens is 308 g/mol. The Morgan fingerprint density at radius 3 is 2.74 bits per heavy atom. The van der Waals surface area contributed by atoms with Crippen molar-refractivity contribution >= 4 is 33.3 Å². The lowest BCUT2D eigenvalue weighted by molar-refractivity contribution is 0.102. The van der Waals surface area contributed by atoms with E-state index in [9.17, 15) is 4.79 Å². The molecule has 3 aromatic heterocycles. The van der Waals surface area contributed by atoms with Crippen molar-refractivity contribution in [2.45, 2.75) is 34.1 Å². The summed E-state index contributed by atoms with van der Waals surface area (Å²) in [6, 6.07) is 3.77. The summed E-state index contributed by atoms with van der Waals surface area (Å²) in [5.74, 6) is 1.25. The first-order chi connectivity index (χ1) is 11.0. The van der Waals surface area contributed by atoms with Crippen molar-refractivity contribution in [3.8, 4) is 0 Å². The predicted octanol–water partition coefficient (Wildman–Crippen LogP) is 3.83. The van der Waals surface area contributed by atoms with E-state index in [0.717, 1.165) is 39.3 Å². The quantitative estimate of drug-likeness (QED) is 0.794. The minimum atomic E-state index is -0.148. The molecule has 0 unspecified atom stereocenters. The third-order valence-electron chi connectivity index (χ3n) is 3.78. The summed E-state index contributed by atoms with van der Waals surface area (Å²) in [5, 5.41) is 3.87. The predicted molar refractivity (Wildman–Crippen MR) is 93.2 cm³/mol. The van der Waals surface area contributed by atoms with Gasteiger partial charge in [0.25, 0.3) is 5.91 Å². The van der Waals surface area contributed by atoms with Gasteiger partial charge >= 0.3 is 0 Å². The first-order valence-corrected chi connectivity index (χ1v) is 8.32. The van der Waals surface area contributed by atoms with Crippen molar-refractivity contribution in [1.82, 2.24) is 15.0 Å². The Balaban J connectivity index is 2.03. The van der Waals surface area contributed by atoms with Crippen LogP contribution >= 0.6 is 11.3 Å². The highest BCUT2D eigenvalue weighted by Gasteiger charge is 2.19. The maximum Gasteiger partial charge on any atom is 0.267 e. The molecule has 0 fully saturated rings. The Hall–Kier alpha value is -2.34. The number of pyridine rings is 1. The van der Waals surface area contributed by atoms with Crippen LogP contribution in [0.5, 0.6) is 0 Å². The van der Waals surface area contributed by atoms with Gasteiger partial charge in [-0.3, -0.25) is 4.79 Å². The van der Waals surface area contributed by atoms with Gasteiger partial charge in [0.1, 0.15) is 16.5 Å². The van der Waals surface area contributed by atoms with Crippen molar-refractivity contribution in [2.24, 2.45) is 0 Å². The van der Waals surface area contributed by atoms with Gasteiger partial charge in [0.15, 0.2) is 0 Å². The number of aryl methyl sites for hydroxylation is 4. The fourth-order valence-electron chi connectivity index (χ4n) is 2.55. The minimum Gasteiger partial charge on any atom is -0.306 e. The van der Waals surface area contributed by atoms with E-state index in [1.807, 2.05) is 39.8 Å². The Kier molecular flexibility index (Phi) is 4.09. The number of rotatable bonds is 3. The van der Waals surface area contributed by atoms with Crippen molar-refractivity contribution in [3.05, 3.63) is 45.9 Å². The maximum atomic E-state index is 12.6. The van der Waals surface area contributed by atoms with Crippen molar-refractivity contribution < 1.29 is 4.79 Å². The molecule has 0 aliphatic rings. The maximum absolute atomic E-state index is 12.6. The van der Waals surface area contributed by atoms with Gasteiger partial charge in [0.2, 0.25) is 0 Å². The largest absolute Gasteiger partial charge is 0.306 e. The van der Waals surface area contributed by atoms with Gasteiger partial charge in [-0.25, -0.2) is 15.0 Å². The summed E-state index contributed by atoms with van der Waals surface area (Å²) >= 11 is 1.41. The van der Waals surface area contributed by atoms with Crippen molar-refractivity contribution in [3.63, 3.8) is 0 Å². The normalized spacial score (nSPS) is 11.0. The molecule has 3 heterocycles. The molecule has 0 spiro atoms. The van der Waals surface area contributed by atoms with Gasteiger partial charge in [0.05, 0.1) is 4.88 Å². The van der Waals surface area contributed by atoms with Crippen LogP contribution in [0.15, 0.2) is 18.3 Å². The molecule has 0 aromatic carbocycles. The molecule has 0 saturated heterocycles. The second-order valence-electron chi connectivity index (χ2n) is 5.44. The van der Waals surface area contributed by atoms with Crippen molar-refractivity contribution in [2.75, 3.05) is 5.32 Å². The lowest BCUT2D eigenvalue weighted by Gasteiger charge is -2.06. The summed E-state index contributed by atoms with van der Waals surface area (Å²) in [7, 11) is 0. The SMILES string of the molecule is CCc1nc(C)c2c(C)c(C(=O)Nc3ncccc3C)sc2n1. The van der Waals surface area contributed by atoms with E-state index in [4.69, 9.17) is 0 Å². The molecule has 23 heavy (non-hydrogen) atoms. The van der Waals surface area contributed by atoms with Crippen LogP contribution in [0.2, 0.25) is 0 Å². The number of fused-ring (bicyclic) bond motifs is 1. The smallest absolute Gasteiger partial charge is 0.267 e. The fourth-order valence-corrected chi connectivity index (χ4v) is 3.70. The van der Waals surface area contributed by atoms with Crippen LogP contribution in [0.3, 0.4) is 0 Å². The lowest BCUT2D eigenvalue weighted by Crippen LogP contribution is -2.13. The molecule has 3 rings (SSSR count). The highest BCUT2D eigenvalue weighted by Crippen LogP contribution is 2.31. The van der Waals surface area contributed by atoms with Gasteiger partial charge in [0, 0.05) is 23.7 Å². The lowest BCUT2D eigenvalue weighted by atomic mass is 10.1. The summed E-state index contributed by atoms with van der Waals surface area (Å²) in [6.07, 6.45) is 2.45. The third-order valence-corrected chi connectivity index (χ3v) is 4.97. The molecule has 3 aromatic rings. The van der Waals surface area contributed by atoms with E-state index in [1.54, 1.807) is 6.20 Å². The highest BCUT2D eigenvalue weighted by molar-refractivity contribution is 7.20. The van der Waals surface area contributed by atoms with Crippen LogP contribution in [0, 0.1) is 20.8 Å². The van der Waals surface area contributed by atoms with E-state index in [2.05, 4.69) is 20.3 Å². The zero-order chi connectivity index (χ0) is 16.6. The van der Waals surface area contributed by atoms with Gasteiger partial charge in [-0.2, -0.15) is 0 Å². The fraction of sp³-hybridized carbons (Fsp3) is 0.294. The van der Waals surface area contributed by atoms with E-state index in [-0.39, 0.29) is 5.91 Å². The number of aromatic nitrogens is 3. The van der Waals surface area contributed by atoms with E-state index < -0.39 is 0 Å². The molecule has 6 heteroatoms. The highest BCUT2D eigenvalue weighted by atomic mass is 32.1. The summed E-state index contributed by atoms with van der Waals surface area (Å²) in [5.41, 5.74) is 2.79. The monoisotopic (exact) mass is 326 g/mol. The number of amides is 1. The van der Waals surface area contributed by atoms with E-state index >= 15 is 0 Å². The van der Waals surface area contributed by atoms with Crippen LogP contribution in [0.4, 0.5) is 5.82 Å². The second kappa shape index (κ2) is 6.04. The number of anilines is 1. The Morgan fingerprint density at radius 1 is 1.26 bits per heavy atom. The van der Waals surface area contributed by atoms with Crippen LogP contribution < -0.4 is 5.32 Å². The van der Waals surface area contributed by atoms with Crippen LogP contribution in [-0.4, -0.2) is 20.9 Å². The minimum absolute atomic E-state index is 0.148. The second-order valence-corrected chi connectivity index (χ2v) is 6.44. The number of nitrogens with one attached hydrogen (secondary N) is 1. The van der Waals surface area contributed by atoms with E-state index in [0.29, 0.717) is 10.7 Å². The number of hydrogen-bond acceptors (Lipinski definition) is 5. The van der Waals surface area contributed by atoms with Crippen LogP contribution in [0.1, 0.15) is 39.2 Å². The number of nitrogens with zero attached hydrogens (tertiary/aromatic N) is 3. The average Bonchev–Trinajstić information content (AvgIpc) is 2.87. The molecule has 1 amide bonds. The Labute approximate surface area is 138 Å². The average molecular weight is 326 g/mol. The first-order valence-electron chi connectivity index (χ1n) is 7.50. The molecule has 0 saturated carbocycles. The molecular formula is C17H18N4OS. The molecule has 5 nitrogen and oxygen atoms in total. The number of thiophene rings is 1. The topological polar surface area (TPSA) is 67.8 Å². The van der Waals surface area contributed by atoms with Gasteiger partial charge in [-0.1, -0.05) is 13.0 Å². The zero-order valence-corrected chi connectivity index (χ0v) is 14.4. The Morgan fingerprint density at radius 2 is 2.04 bits per heavy atom. The van der Waals surface area contributed by atoms with Gasteiger partial charge < -0.3 is 5.32 Å². The summed E-state index contributed by atoms with van der Waals surface area (Å²) in [4.78, 5) is 27.4. The van der Waals surface area contributed by atoms with E-state index in [1.165, 1.54) is 11.3 Å². The zero-order valence-electron chi connectivity index (χ0n) is 13.6. The Bertz CT molecular complexity index is 901. The molecule has 0 bridgehead atoms. The summed E-state index contributed by atoms with van der Waals surface area (Å²) in [6.45, 7) is 7.86. The number of carbonyl (C=O) groups excluding carboxylic acids is 1. The molecule has 0 atom stereocenters. The summed E-state index contributed by atoms with van der Waals surface area (Å²) < 4.78 is 0. The molecule has 0 aliphatic carbocycles. The van der Waals surface area contributed by atoms with Crippen LogP contribution in [-0.2, 0) is 6.42 Å². The van der Waals surface area contributed by atoms with Gasteiger partial charge in [-0.05, 0) is 38.0 Å². The molecule has 118 valence electrons. The molecule has 0 radical (unpaired) electrons. The third kappa shape index (κ3) is 2.82. The number of carbonyl (C=O) groups is 1. The standard InChI is InChI=1S/C17H18N4OS/c1-5-12-19-11(4)13-10(3)14(23-17(13)20-12)16(22)21-15-9(2)7-6-8-18-15/h6-8H,5H2,1-4H3,(H,18,21,22). The molecule has 1 N–H and O–H groups in total. The number of hydrogen-bond donors (Lipinski definition) is 1. The van der Waals surface area contributed by atoms with Crippen LogP contribution in [0.25, 0.3) is 10.2 Å².